The Balaban J connectivity index is 2.06. The Hall–Kier alpha value is -1.79. The van der Waals surface area contributed by atoms with Crippen molar-refractivity contribution in [3.8, 4) is 11.8 Å². The first-order valence-electron chi connectivity index (χ1n) is 7.02. The zero-order valence-electron chi connectivity index (χ0n) is 12.1. The molecule has 2 rings (SSSR count). The number of nitrogens with one attached hydrogen (secondary N) is 1. The molecule has 20 heavy (non-hydrogen) atoms. The van der Waals surface area contributed by atoms with Crippen LogP contribution in [0.3, 0.4) is 0 Å². The molecule has 0 bridgehead atoms. The van der Waals surface area contributed by atoms with Crippen molar-refractivity contribution in [2.75, 3.05) is 13.2 Å². The van der Waals surface area contributed by atoms with Gasteiger partial charge in [-0.2, -0.15) is 0 Å². The zero-order valence-corrected chi connectivity index (χ0v) is 12.1. The summed E-state index contributed by atoms with van der Waals surface area (Å²) in [6, 6.07) is 5.54. The summed E-state index contributed by atoms with van der Waals surface area (Å²) in [5.74, 6) is 5.40. The van der Waals surface area contributed by atoms with Crippen molar-refractivity contribution in [2.45, 2.75) is 33.1 Å². The lowest BCUT2D eigenvalue weighted by atomic mass is 9.70. The van der Waals surface area contributed by atoms with Gasteiger partial charge >= 0.3 is 0 Å². The van der Waals surface area contributed by atoms with Gasteiger partial charge in [-0.25, -0.2) is 0 Å². The zero-order chi connectivity index (χ0) is 14.6. The fourth-order valence-electron chi connectivity index (χ4n) is 2.48. The van der Waals surface area contributed by atoms with Gasteiger partial charge in [0.2, 0.25) is 0 Å². The summed E-state index contributed by atoms with van der Waals surface area (Å²) in [7, 11) is 0. The third-order valence-corrected chi connectivity index (χ3v) is 3.89. The lowest BCUT2D eigenvalue weighted by molar-refractivity contribution is 0.0890. The van der Waals surface area contributed by atoms with Gasteiger partial charge < -0.3 is 10.4 Å². The molecule has 1 aliphatic rings. The van der Waals surface area contributed by atoms with Crippen LogP contribution in [0.15, 0.2) is 18.2 Å². The fourth-order valence-corrected chi connectivity index (χ4v) is 2.48. The second kappa shape index (κ2) is 6.11. The number of benzene rings is 1. The van der Waals surface area contributed by atoms with Crippen LogP contribution in [0, 0.1) is 24.2 Å². The maximum Gasteiger partial charge on any atom is 0.251 e. The van der Waals surface area contributed by atoms with Crippen LogP contribution in [0.25, 0.3) is 0 Å². The van der Waals surface area contributed by atoms with Crippen LogP contribution in [0.4, 0.5) is 0 Å². The van der Waals surface area contributed by atoms with Crippen molar-refractivity contribution in [3.63, 3.8) is 0 Å². The largest absolute Gasteiger partial charge is 0.384 e. The molecular formula is C17H21NO2. The van der Waals surface area contributed by atoms with Crippen molar-refractivity contribution in [1.82, 2.24) is 5.32 Å². The number of hydrogen-bond donors (Lipinski definition) is 2. The van der Waals surface area contributed by atoms with E-state index >= 15 is 0 Å². The molecule has 0 saturated heterocycles. The average molecular weight is 271 g/mol. The smallest absolute Gasteiger partial charge is 0.251 e. The minimum absolute atomic E-state index is 0.0473. The highest BCUT2D eigenvalue weighted by molar-refractivity contribution is 5.94. The third kappa shape index (κ3) is 3.61. The predicted octanol–water partition coefficient (Wildman–Crippen LogP) is 2.26. The van der Waals surface area contributed by atoms with Gasteiger partial charge in [-0.1, -0.05) is 25.2 Å². The molecular weight excluding hydrogens is 250 g/mol. The Morgan fingerprint density at radius 2 is 2.15 bits per heavy atom. The normalized spacial score (nSPS) is 15.8. The Kier molecular flexibility index (Phi) is 4.46. The predicted molar refractivity (Wildman–Crippen MR) is 79.4 cm³/mol. The minimum Gasteiger partial charge on any atom is -0.384 e. The molecule has 0 aliphatic heterocycles. The number of aliphatic hydroxyl groups is 1. The van der Waals surface area contributed by atoms with E-state index in [1.54, 1.807) is 6.07 Å². The van der Waals surface area contributed by atoms with Crippen molar-refractivity contribution < 1.29 is 9.90 Å². The summed E-state index contributed by atoms with van der Waals surface area (Å²) < 4.78 is 0. The van der Waals surface area contributed by atoms with Gasteiger partial charge in [0.15, 0.2) is 0 Å². The highest BCUT2D eigenvalue weighted by Gasteiger charge is 2.31. The molecule has 0 heterocycles. The molecule has 1 amide bonds. The standard InChI is InChI=1S/C17H21NO2/c1-13-9-14(5-3-8-19)11-15(10-13)16(20)18-12-17(2)6-4-7-17/h9-11,19H,4,6-8,12H2,1-2H3,(H,18,20). The van der Waals surface area contributed by atoms with E-state index in [1.807, 2.05) is 19.1 Å². The monoisotopic (exact) mass is 271 g/mol. The molecule has 2 N–H and O–H groups in total. The first-order chi connectivity index (χ1) is 9.52. The molecule has 1 aliphatic carbocycles. The molecule has 0 spiro atoms. The molecule has 0 unspecified atom stereocenters. The first kappa shape index (κ1) is 14.6. The molecule has 3 nitrogen and oxygen atoms in total. The van der Waals surface area contributed by atoms with Gasteiger partial charge in [0.1, 0.15) is 6.61 Å². The number of carbonyl (C=O) groups excluding carboxylic acids is 1. The maximum absolute atomic E-state index is 12.2. The number of aryl methyl sites for hydroxylation is 1. The van der Waals surface area contributed by atoms with Crippen LogP contribution >= 0.6 is 0 Å². The molecule has 0 radical (unpaired) electrons. The van der Waals surface area contributed by atoms with Crippen LogP contribution in [-0.2, 0) is 0 Å². The van der Waals surface area contributed by atoms with Crippen LogP contribution in [0.5, 0.6) is 0 Å². The van der Waals surface area contributed by atoms with Gasteiger partial charge in [0, 0.05) is 17.7 Å². The van der Waals surface area contributed by atoms with E-state index < -0.39 is 0 Å². The van der Waals surface area contributed by atoms with Gasteiger partial charge in [-0.05, 0) is 48.9 Å². The Labute approximate surface area is 120 Å². The maximum atomic E-state index is 12.2. The number of carbonyl (C=O) groups is 1. The van der Waals surface area contributed by atoms with E-state index in [4.69, 9.17) is 5.11 Å². The molecule has 1 saturated carbocycles. The van der Waals surface area contributed by atoms with Crippen molar-refractivity contribution in [1.29, 1.82) is 0 Å². The summed E-state index contributed by atoms with van der Waals surface area (Å²) in [5, 5.41) is 11.7. The average Bonchev–Trinajstić information content (AvgIpc) is 2.39. The van der Waals surface area contributed by atoms with Crippen LogP contribution in [-0.4, -0.2) is 24.2 Å². The Morgan fingerprint density at radius 3 is 2.75 bits per heavy atom. The second-order valence-corrected chi connectivity index (χ2v) is 5.89. The van der Waals surface area contributed by atoms with E-state index in [-0.39, 0.29) is 17.9 Å². The fraction of sp³-hybridized carbons (Fsp3) is 0.471. The molecule has 106 valence electrons. The number of hydrogen-bond acceptors (Lipinski definition) is 2. The van der Waals surface area contributed by atoms with E-state index in [1.165, 1.54) is 19.3 Å². The molecule has 1 fully saturated rings. The number of rotatable bonds is 3. The summed E-state index contributed by atoms with van der Waals surface area (Å²) >= 11 is 0. The minimum atomic E-state index is -0.173. The van der Waals surface area contributed by atoms with Crippen molar-refractivity contribution in [2.24, 2.45) is 5.41 Å². The summed E-state index contributed by atoms with van der Waals surface area (Å²) in [6.07, 6.45) is 3.64. The summed E-state index contributed by atoms with van der Waals surface area (Å²) in [6.45, 7) is 4.71. The van der Waals surface area contributed by atoms with Crippen molar-refractivity contribution >= 4 is 5.91 Å². The summed E-state index contributed by atoms with van der Waals surface area (Å²) in [4.78, 5) is 12.2. The second-order valence-electron chi connectivity index (χ2n) is 5.89. The molecule has 0 atom stereocenters. The van der Waals surface area contributed by atoms with Gasteiger partial charge in [0.25, 0.3) is 5.91 Å². The summed E-state index contributed by atoms with van der Waals surface area (Å²) in [5.41, 5.74) is 2.67. The number of aliphatic hydroxyl groups excluding tert-OH is 1. The lowest BCUT2D eigenvalue weighted by Gasteiger charge is -2.38. The van der Waals surface area contributed by atoms with E-state index in [9.17, 15) is 4.79 Å². The highest BCUT2D eigenvalue weighted by Crippen LogP contribution is 2.39. The lowest BCUT2D eigenvalue weighted by Crippen LogP contribution is -2.39. The van der Waals surface area contributed by atoms with Crippen LogP contribution < -0.4 is 5.32 Å². The SMILES string of the molecule is Cc1cc(C#CCO)cc(C(=O)NCC2(C)CCC2)c1. The third-order valence-electron chi connectivity index (χ3n) is 3.89. The van der Waals surface area contributed by atoms with Gasteiger partial charge in [-0.15, -0.1) is 0 Å². The molecule has 0 aromatic heterocycles. The van der Waals surface area contributed by atoms with E-state index in [0.29, 0.717) is 5.56 Å². The Bertz CT molecular complexity index is 562. The molecule has 1 aromatic carbocycles. The van der Waals surface area contributed by atoms with Gasteiger partial charge in [0.05, 0.1) is 0 Å². The molecule has 3 heteroatoms. The van der Waals surface area contributed by atoms with Crippen molar-refractivity contribution in [3.05, 3.63) is 34.9 Å². The quantitative estimate of drug-likeness (QED) is 0.828. The molecule has 1 aromatic rings. The highest BCUT2D eigenvalue weighted by atomic mass is 16.2. The topological polar surface area (TPSA) is 49.3 Å². The van der Waals surface area contributed by atoms with Crippen LogP contribution in [0.1, 0.15) is 47.7 Å². The Morgan fingerprint density at radius 1 is 1.40 bits per heavy atom. The number of amides is 1. The van der Waals surface area contributed by atoms with Gasteiger partial charge in [-0.3, -0.25) is 4.79 Å². The van der Waals surface area contributed by atoms with E-state index in [2.05, 4.69) is 24.1 Å². The van der Waals surface area contributed by atoms with Crippen LogP contribution in [0.2, 0.25) is 0 Å². The first-order valence-corrected chi connectivity index (χ1v) is 7.02. The van der Waals surface area contributed by atoms with E-state index in [0.717, 1.165) is 17.7 Å².